The van der Waals surface area contributed by atoms with E-state index >= 15 is 0 Å². The lowest BCUT2D eigenvalue weighted by molar-refractivity contribution is -0.151. The van der Waals surface area contributed by atoms with Crippen molar-refractivity contribution in [2.24, 2.45) is 30.7 Å². The maximum Gasteiger partial charge on any atom is 0.306 e. The molecule has 5 N–H and O–H groups in total. The molecule has 30 nitrogen and oxygen atoms in total. The third kappa shape index (κ3) is 62.3. The summed E-state index contributed by atoms with van der Waals surface area (Å²) in [6.07, 6.45) is 40.3. The van der Waals surface area contributed by atoms with Gasteiger partial charge in [0.15, 0.2) is 33.2 Å². The lowest BCUT2D eigenvalue weighted by atomic mass is 9.93. The second-order valence-electron chi connectivity index (χ2n) is 38.7. The van der Waals surface area contributed by atoms with E-state index in [0.29, 0.717) is 45.2 Å². The Labute approximate surface area is 781 Å². The van der Waals surface area contributed by atoms with Crippen LogP contribution in [0.3, 0.4) is 0 Å². The number of carbonyl (C=O) groups is 9. The molecule has 734 valence electrons. The standard InChI is InChI=1S/C100H169N15O15/c1-14-17-20-41-50-81(128-90(125)62-68-98(11,78-104)112-109-95(8,75-101)65-59-87(119)120)53-44-35-29-23-26-32-38-47-56-84(116)107-73-71-94(6,7)115(86(118)58-49-40-34-28-25-31-37-46-55-83(52-43-22-19-16-3)130-92(127)64-70-100(13,80-106)114-111-97(10,77-103)67-61-89(123)124)74-72-93(4,5)108-85(117)57-48-39-33-27-24-30-36-45-54-82(51-42-21-18-15-2)129-91(126)63-69-99(12,79-105)113-110-96(9,76-102)66-60-88(121)122/h81-83H,14-74H2,1-13H3,(H,107,116)(H,108,117)(H,119,120)(H,121,122)(H,123,124)/b112-109+,113-110+,114-111+. The van der Waals surface area contributed by atoms with E-state index in [9.17, 15) is 74.7 Å². The van der Waals surface area contributed by atoms with Crippen LogP contribution in [0.2, 0.25) is 0 Å². The monoisotopic (exact) mass is 1820 g/mol. The number of ether oxygens (including phenoxy) is 3. The number of carboxylic acids is 3. The number of nitrogens with one attached hydrogen (secondary N) is 2. The van der Waals surface area contributed by atoms with E-state index in [1.165, 1.54) is 41.5 Å². The minimum atomic E-state index is -1.42. The molecule has 0 spiro atoms. The Morgan fingerprint density at radius 2 is 0.531 bits per heavy atom. The van der Waals surface area contributed by atoms with Crippen molar-refractivity contribution in [2.75, 3.05) is 13.1 Å². The molecule has 0 aromatic carbocycles. The fourth-order valence-electron chi connectivity index (χ4n) is 15.1. The van der Waals surface area contributed by atoms with Gasteiger partial charge in [0.25, 0.3) is 0 Å². The molecular weight excluding hydrogens is 1650 g/mol. The van der Waals surface area contributed by atoms with Gasteiger partial charge in [0.1, 0.15) is 18.3 Å². The Bertz CT molecular complexity index is 3650. The second-order valence-corrected chi connectivity index (χ2v) is 38.7. The number of unbranched alkanes of at least 4 members (excludes halogenated alkanes) is 30. The van der Waals surface area contributed by atoms with Gasteiger partial charge < -0.3 is 45.1 Å². The molecule has 0 aliphatic heterocycles. The fraction of sp³-hybridized carbons (Fsp3) is 0.850. The Balaban J connectivity index is 5.77. The molecule has 130 heavy (non-hydrogen) atoms. The Hall–Kier alpha value is -9.03. The van der Waals surface area contributed by atoms with Crippen LogP contribution in [0.25, 0.3) is 0 Å². The molecule has 0 aliphatic rings. The minimum absolute atomic E-state index is 0.0214. The number of carboxylic acid groups (broad SMARTS) is 3. The van der Waals surface area contributed by atoms with Gasteiger partial charge in [0.2, 0.25) is 17.7 Å². The molecule has 3 amide bonds. The lowest BCUT2D eigenvalue weighted by Crippen LogP contribution is -2.52. The molecule has 0 aromatic rings. The van der Waals surface area contributed by atoms with Gasteiger partial charge >= 0.3 is 35.8 Å². The molecule has 0 heterocycles. The molecule has 0 aromatic heterocycles. The number of esters is 3. The number of amides is 3. The first-order valence-corrected chi connectivity index (χ1v) is 49.6. The van der Waals surface area contributed by atoms with Gasteiger partial charge in [-0.05, 0) is 217 Å². The van der Waals surface area contributed by atoms with Crippen molar-refractivity contribution in [3.8, 4) is 36.4 Å². The van der Waals surface area contributed by atoms with E-state index in [4.69, 9.17) is 29.5 Å². The predicted octanol–water partition coefficient (Wildman–Crippen LogP) is 23.7. The van der Waals surface area contributed by atoms with Gasteiger partial charge in [0, 0.05) is 82.0 Å². The first-order chi connectivity index (χ1) is 61.6. The van der Waals surface area contributed by atoms with Crippen molar-refractivity contribution in [1.29, 1.82) is 31.6 Å². The normalized spacial score (nSPS) is 15.2. The van der Waals surface area contributed by atoms with Crippen LogP contribution in [-0.4, -0.2) is 149 Å². The van der Waals surface area contributed by atoms with E-state index in [1.54, 1.807) is 0 Å². The molecule has 0 bridgehead atoms. The van der Waals surface area contributed by atoms with Crippen molar-refractivity contribution in [2.45, 2.75) is 531 Å². The second kappa shape index (κ2) is 69.8. The average Bonchev–Trinajstić information content (AvgIpc) is 0.830. The highest BCUT2D eigenvalue weighted by atomic mass is 16.6. The summed E-state index contributed by atoms with van der Waals surface area (Å²) in [6.45, 7) is 24.3. The molecule has 9 unspecified atom stereocenters. The van der Waals surface area contributed by atoms with Crippen LogP contribution in [0.1, 0.15) is 469 Å². The van der Waals surface area contributed by atoms with E-state index in [0.717, 1.165) is 270 Å². The van der Waals surface area contributed by atoms with E-state index in [1.807, 2.05) is 37.0 Å². The van der Waals surface area contributed by atoms with Crippen LogP contribution in [0, 0.1) is 68.0 Å². The number of rotatable bonds is 83. The number of hydrogen-bond donors (Lipinski definition) is 5. The van der Waals surface area contributed by atoms with E-state index in [-0.39, 0.29) is 113 Å². The molecule has 30 heteroatoms. The van der Waals surface area contributed by atoms with Crippen LogP contribution in [0.15, 0.2) is 30.7 Å². The van der Waals surface area contributed by atoms with Gasteiger partial charge in [-0.2, -0.15) is 62.3 Å². The van der Waals surface area contributed by atoms with Gasteiger partial charge in [-0.15, -0.1) is 0 Å². The summed E-state index contributed by atoms with van der Waals surface area (Å²) < 4.78 is 18.0. The summed E-state index contributed by atoms with van der Waals surface area (Å²) in [6, 6.07) is 12.2. The van der Waals surface area contributed by atoms with E-state index in [2.05, 4.69) is 94.1 Å². The van der Waals surface area contributed by atoms with Gasteiger partial charge in [-0.1, -0.05) is 194 Å². The van der Waals surface area contributed by atoms with Crippen LogP contribution >= 0.6 is 0 Å². The van der Waals surface area contributed by atoms with Crippen molar-refractivity contribution in [1.82, 2.24) is 15.5 Å². The van der Waals surface area contributed by atoms with Gasteiger partial charge in [-0.3, -0.25) is 43.2 Å². The molecule has 0 saturated heterocycles. The Morgan fingerprint density at radius 1 is 0.300 bits per heavy atom. The van der Waals surface area contributed by atoms with Crippen LogP contribution in [0.4, 0.5) is 0 Å². The zero-order valence-electron chi connectivity index (χ0n) is 82.4. The summed E-state index contributed by atoms with van der Waals surface area (Å²) in [5, 5.41) is 117. The maximum absolute atomic E-state index is 14.5. The smallest absolute Gasteiger partial charge is 0.306 e. The minimum Gasteiger partial charge on any atom is -0.481 e. The van der Waals surface area contributed by atoms with Crippen molar-refractivity contribution in [3.05, 3.63) is 0 Å². The first kappa shape index (κ1) is 121. The number of nitriles is 6. The molecule has 0 rings (SSSR count). The zero-order valence-corrected chi connectivity index (χ0v) is 82.4. The van der Waals surface area contributed by atoms with Gasteiger partial charge in [-0.25, -0.2) is 0 Å². The van der Waals surface area contributed by atoms with Crippen LogP contribution in [0.5, 0.6) is 0 Å². The highest BCUT2D eigenvalue weighted by Gasteiger charge is 2.36. The van der Waals surface area contributed by atoms with E-state index < -0.39 is 80.1 Å². The maximum atomic E-state index is 14.5. The summed E-state index contributed by atoms with van der Waals surface area (Å²) >= 11 is 0. The predicted molar refractivity (Wildman–Crippen MR) is 502 cm³/mol. The highest BCUT2D eigenvalue weighted by Crippen LogP contribution is 2.32. The van der Waals surface area contributed by atoms with Crippen molar-refractivity contribution < 1.29 is 72.7 Å². The molecule has 9 atom stereocenters. The number of azo groups is 3. The van der Waals surface area contributed by atoms with Crippen molar-refractivity contribution >= 4 is 53.5 Å². The SMILES string of the molecule is CCCCCCC(CCCCCCCCCCC(=O)NCCC(C)(C)N(CCC(C)(C)NC(=O)CCCCCCCCCCC(CCCCCC)OC(=O)CCC(C)(C#N)/N=N/C(C)(C#N)CCC(=O)O)C(=O)CCCCCCCCCCC(CCCCCC)OC(=O)CCC(C)(C#N)/N=N/C(C)(C#N)CCC(=O)O)OC(=O)CCC(C)(C#N)/N=N/C(C)(C#N)CCC(=O)O. The molecule has 0 radical (unpaired) electrons. The third-order valence-electron chi connectivity index (χ3n) is 24.4. The molecule has 0 aliphatic carbocycles. The quantitative estimate of drug-likeness (QED) is 0.0163. The Kier molecular flexibility index (Phi) is 65.0. The average molecular weight is 1820 g/mol. The topological polar surface area (TPSA) is 486 Å². The number of nitrogens with zero attached hydrogens (tertiary/aromatic N) is 13. The highest BCUT2D eigenvalue weighted by molar-refractivity contribution is 5.78. The summed E-state index contributed by atoms with van der Waals surface area (Å²) in [4.78, 5) is 116. The number of hydrogen-bond acceptors (Lipinski definition) is 24. The molecule has 0 saturated carbocycles. The Morgan fingerprint density at radius 3 is 0.785 bits per heavy atom. The fourth-order valence-corrected chi connectivity index (χ4v) is 15.1. The van der Waals surface area contributed by atoms with Crippen LogP contribution in [-0.2, 0) is 57.4 Å². The first-order valence-electron chi connectivity index (χ1n) is 49.6. The summed E-state index contributed by atoms with van der Waals surface area (Å²) in [5.74, 6) is -4.48. The third-order valence-corrected chi connectivity index (χ3v) is 24.4. The van der Waals surface area contributed by atoms with Gasteiger partial charge in [0.05, 0.1) is 36.4 Å². The lowest BCUT2D eigenvalue weighted by Gasteiger charge is -2.41. The number of aliphatic carboxylic acids is 3. The molecular formula is C100H169N15O15. The largest absolute Gasteiger partial charge is 0.481 e. The zero-order chi connectivity index (χ0) is 97.7. The molecule has 0 fully saturated rings. The summed E-state index contributed by atoms with van der Waals surface area (Å²) in [7, 11) is 0. The van der Waals surface area contributed by atoms with Crippen molar-refractivity contribution in [3.63, 3.8) is 0 Å². The number of carbonyl (C=O) groups excluding carboxylic acids is 6. The van der Waals surface area contributed by atoms with Crippen LogP contribution < -0.4 is 10.6 Å². The summed E-state index contributed by atoms with van der Waals surface area (Å²) in [5.41, 5.74) is -9.69.